The first-order chi connectivity index (χ1) is 13.0. The molecule has 27 heavy (non-hydrogen) atoms. The number of sulfonamides is 1. The highest BCUT2D eigenvalue weighted by atomic mass is 32.2. The van der Waals surface area contributed by atoms with Crippen LogP contribution < -0.4 is 10.3 Å². The Morgan fingerprint density at radius 1 is 0.889 bits per heavy atom. The minimum atomic E-state index is -3.76. The second kappa shape index (κ2) is 5.69. The zero-order valence-electron chi connectivity index (χ0n) is 14.2. The topological polar surface area (TPSA) is 76.4 Å². The third kappa shape index (κ3) is 2.61. The summed E-state index contributed by atoms with van der Waals surface area (Å²) < 4.78 is 33.9. The zero-order chi connectivity index (χ0) is 18.6. The van der Waals surface area contributed by atoms with Crippen molar-refractivity contribution in [2.45, 2.75) is 17.7 Å². The van der Waals surface area contributed by atoms with E-state index in [1.54, 1.807) is 30.3 Å². The minimum Gasteiger partial charge on any atom is -0.423 e. The van der Waals surface area contributed by atoms with E-state index in [9.17, 15) is 13.2 Å². The summed E-state index contributed by atoms with van der Waals surface area (Å²) >= 11 is 0. The van der Waals surface area contributed by atoms with E-state index in [1.165, 1.54) is 17.2 Å². The number of anilines is 1. The predicted molar refractivity (Wildman–Crippen MR) is 105 cm³/mol. The highest BCUT2D eigenvalue weighted by molar-refractivity contribution is 7.93. The van der Waals surface area contributed by atoms with Gasteiger partial charge in [-0.05, 0) is 59.7 Å². The molecule has 0 fully saturated rings. The Labute approximate surface area is 155 Å². The van der Waals surface area contributed by atoms with Crippen LogP contribution in [0, 0.1) is 0 Å². The number of benzene rings is 3. The van der Waals surface area contributed by atoms with Crippen LogP contribution in [0.2, 0.25) is 0 Å². The summed E-state index contributed by atoms with van der Waals surface area (Å²) in [7, 11) is -3.76. The molecule has 0 unspecified atom stereocenters. The van der Waals surface area contributed by atoms with Gasteiger partial charge in [0.05, 0.1) is 4.90 Å². The Kier molecular flexibility index (Phi) is 3.39. The molecule has 1 aliphatic carbocycles. The zero-order valence-corrected chi connectivity index (χ0v) is 15.0. The van der Waals surface area contributed by atoms with E-state index in [4.69, 9.17) is 4.42 Å². The maximum Gasteiger partial charge on any atom is 0.336 e. The number of aryl methyl sites for hydroxylation is 2. The van der Waals surface area contributed by atoms with E-state index in [0.717, 1.165) is 23.6 Å². The van der Waals surface area contributed by atoms with Crippen LogP contribution in [0.1, 0.15) is 11.1 Å². The molecule has 1 aliphatic rings. The van der Waals surface area contributed by atoms with Gasteiger partial charge in [0.2, 0.25) is 0 Å². The van der Waals surface area contributed by atoms with Crippen LogP contribution in [0.5, 0.6) is 0 Å². The molecule has 4 aromatic rings. The first-order valence-electron chi connectivity index (χ1n) is 8.61. The number of rotatable bonds is 3. The molecule has 6 heteroatoms. The number of fused-ring (bicyclic) bond motifs is 1. The molecule has 5 rings (SSSR count). The number of nitrogens with one attached hydrogen (secondary N) is 1. The highest BCUT2D eigenvalue weighted by Gasteiger charge is 2.22. The van der Waals surface area contributed by atoms with E-state index in [0.29, 0.717) is 16.7 Å². The minimum absolute atomic E-state index is 0.268. The molecule has 5 nitrogen and oxygen atoms in total. The first kappa shape index (κ1) is 16.1. The van der Waals surface area contributed by atoms with Crippen LogP contribution in [-0.2, 0) is 22.9 Å². The largest absolute Gasteiger partial charge is 0.423 e. The number of hydrogen-bond acceptors (Lipinski definition) is 4. The van der Waals surface area contributed by atoms with Gasteiger partial charge in [-0.2, -0.15) is 0 Å². The molecule has 0 saturated carbocycles. The van der Waals surface area contributed by atoms with Gasteiger partial charge in [0, 0.05) is 22.5 Å². The summed E-state index contributed by atoms with van der Waals surface area (Å²) in [5, 5.41) is 2.46. The van der Waals surface area contributed by atoms with E-state index in [-0.39, 0.29) is 4.90 Å². The van der Waals surface area contributed by atoms with Gasteiger partial charge in [-0.3, -0.25) is 4.72 Å². The van der Waals surface area contributed by atoms with Crippen LogP contribution in [0.4, 0.5) is 5.69 Å². The molecule has 0 aliphatic heterocycles. The number of hydrogen-bond donors (Lipinski definition) is 1. The fraction of sp³-hybridized carbons (Fsp3) is 0.0952. The SMILES string of the molecule is O=c1ccc2cc(NS(=O)(=O)c3ccc4c5c(cccc35)CC4)ccc2o1. The summed E-state index contributed by atoms with van der Waals surface area (Å²) in [4.78, 5) is 11.6. The fourth-order valence-corrected chi connectivity index (χ4v) is 5.05. The molecule has 0 atom stereocenters. The molecule has 3 aromatic carbocycles. The molecular weight excluding hydrogens is 362 g/mol. The van der Waals surface area contributed by atoms with Crippen LogP contribution in [0.3, 0.4) is 0 Å². The summed E-state index contributed by atoms with van der Waals surface area (Å²) in [6.07, 6.45) is 1.89. The maximum atomic E-state index is 13.1. The van der Waals surface area contributed by atoms with Gasteiger partial charge >= 0.3 is 5.63 Å². The molecule has 1 N–H and O–H groups in total. The van der Waals surface area contributed by atoms with Crippen molar-refractivity contribution in [2.75, 3.05) is 4.72 Å². The third-order valence-corrected chi connectivity index (χ3v) is 6.44. The monoisotopic (exact) mass is 377 g/mol. The molecule has 0 amide bonds. The highest BCUT2D eigenvalue weighted by Crippen LogP contribution is 2.35. The van der Waals surface area contributed by atoms with E-state index in [2.05, 4.69) is 10.8 Å². The van der Waals surface area contributed by atoms with Gasteiger partial charge in [-0.15, -0.1) is 0 Å². The van der Waals surface area contributed by atoms with Crippen LogP contribution in [0.25, 0.3) is 21.7 Å². The second-order valence-electron chi connectivity index (χ2n) is 6.68. The van der Waals surface area contributed by atoms with Crippen LogP contribution in [-0.4, -0.2) is 8.42 Å². The lowest BCUT2D eigenvalue weighted by atomic mass is 10.1. The molecule has 1 aromatic heterocycles. The van der Waals surface area contributed by atoms with Gasteiger partial charge < -0.3 is 4.42 Å². The summed E-state index contributed by atoms with van der Waals surface area (Å²) in [5.41, 5.74) is 2.78. The third-order valence-electron chi connectivity index (χ3n) is 5.00. The summed E-state index contributed by atoms with van der Waals surface area (Å²) in [5.74, 6) is 0. The second-order valence-corrected chi connectivity index (χ2v) is 8.33. The normalized spacial score (nSPS) is 13.3. The van der Waals surface area contributed by atoms with Crippen molar-refractivity contribution < 1.29 is 12.8 Å². The lowest BCUT2D eigenvalue weighted by molar-refractivity contribution is 0.561. The lowest BCUT2D eigenvalue weighted by Gasteiger charge is -2.12. The van der Waals surface area contributed by atoms with E-state index in [1.807, 2.05) is 18.2 Å². The van der Waals surface area contributed by atoms with Gasteiger partial charge in [0.25, 0.3) is 10.0 Å². The van der Waals surface area contributed by atoms with Crippen molar-refractivity contribution in [3.8, 4) is 0 Å². The van der Waals surface area contributed by atoms with Crippen molar-refractivity contribution in [3.05, 3.63) is 82.2 Å². The standard InChI is InChI=1S/C21H15NO4S/c23-20-11-7-15-12-16(8-9-18(15)26-20)22-27(24,25)19-10-6-14-5-4-13-2-1-3-17(19)21(13)14/h1-3,6-12,22H,4-5H2. The molecule has 0 radical (unpaired) electrons. The van der Waals surface area contributed by atoms with Crippen molar-refractivity contribution in [2.24, 2.45) is 0 Å². The first-order valence-corrected chi connectivity index (χ1v) is 10.1. The van der Waals surface area contributed by atoms with Gasteiger partial charge in [-0.25, -0.2) is 13.2 Å². The van der Waals surface area contributed by atoms with Gasteiger partial charge in [0.1, 0.15) is 5.58 Å². The van der Waals surface area contributed by atoms with Crippen molar-refractivity contribution >= 4 is 37.5 Å². The van der Waals surface area contributed by atoms with E-state index < -0.39 is 15.6 Å². The van der Waals surface area contributed by atoms with Gasteiger partial charge in [0.15, 0.2) is 0 Å². The van der Waals surface area contributed by atoms with Crippen molar-refractivity contribution in [1.82, 2.24) is 0 Å². The molecule has 1 heterocycles. The molecular formula is C21H15NO4S. The smallest absolute Gasteiger partial charge is 0.336 e. The molecule has 134 valence electrons. The fourth-order valence-electron chi connectivity index (χ4n) is 3.80. The Morgan fingerprint density at radius 2 is 1.70 bits per heavy atom. The average molecular weight is 377 g/mol. The predicted octanol–water partition coefficient (Wildman–Crippen LogP) is 3.85. The Hall–Kier alpha value is -3.12. The van der Waals surface area contributed by atoms with Gasteiger partial charge in [-0.1, -0.05) is 24.3 Å². The quantitative estimate of drug-likeness (QED) is 0.550. The Bertz CT molecular complexity index is 1380. The lowest BCUT2D eigenvalue weighted by Crippen LogP contribution is -2.13. The Balaban J connectivity index is 1.61. The van der Waals surface area contributed by atoms with E-state index >= 15 is 0 Å². The summed E-state index contributed by atoms with van der Waals surface area (Å²) in [6, 6.07) is 17.1. The van der Waals surface area contributed by atoms with Crippen molar-refractivity contribution in [1.29, 1.82) is 0 Å². The average Bonchev–Trinajstić information content (AvgIpc) is 3.07. The van der Waals surface area contributed by atoms with Crippen molar-refractivity contribution in [3.63, 3.8) is 0 Å². The molecule has 0 saturated heterocycles. The molecule has 0 bridgehead atoms. The molecule has 0 spiro atoms. The van der Waals surface area contributed by atoms with Crippen LogP contribution >= 0.6 is 0 Å². The maximum absolute atomic E-state index is 13.1. The van der Waals surface area contributed by atoms with Crippen LogP contribution in [0.15, 0.2) is 74.8 Å². The summed E-state index contributed by atoms with van der Waals surface area (Å²) in [6.45, 7) is 0. The Morgan fingerprint density at radius 3 is 2.56 bits per heavy atom.